The lowest BCUT2D eigenvalue weighted by Crippen LogP contribution is -2.27. The molecule has 3 rings (SSSR count). The van der Waals surface area contributed by atoms with Crippen molar-refractivity contribution < 1.29 is 22.4 Å². The van der Waals surface area contributed by atoms with Gasteiger partial charge in [-0.05, 0) is 31.0 Å². The second kappa shape index (κ2) is 6.39. The van der Waals surface area contributed by atoms with Gasteiger partial charge in [-0.15, -0.1) is 11.3 Å². The van der Waals surface area contributed by atoms with Gasteiger partial charge in [-0.2, -0.15) is 18.2 Å². The van der Waals surface area contributed by atoms with Gasteiger partial charge in [0.15, 0.2) is 4.80 Å². The predicted octanol–water partition coefficient (Wildman–Crippen LogP) is 3.81. The summed E-state index contributed by atoms with van der Waals surface area (Å²) in [5.41, 5.74) is -1.15. The molecule has 9 heteroatoms. The summed E-state index contributed by atoms with van der Waals surface area (Å²) in [6.45, 7) is 1.28. The van der Waals surface area contributed by atoms with Gasteiger partial charge in [-0.3, -0.25) is 4.57 Å². The summed E-state index contributed by atoms with van der Waals surface area (Å²) in [7, 11) is 0. The Labute approximate surface area is 138 Å². The molecule has 0 atom stereocenters. The zero-order valence-electron chi connectivity index (χ0n) is 12.4. The van der Waals surface area contributed by atoms with Crippen LogP contribution < -0.4 is 4.80 Å². The van der Waals surface area contributed by atoms with Gasteiger partial charge in [0.05, 0.1) is 11.3 Å². The van der Waals surface area contributed by atoms with Crippen LogP contribution in [0.2, 0.25) is 0 Å². The molecule has 1 aliphatic heterocycles. The Morgan fingerprint density at radius 2 is 1.92 bits per heavy atom. The van der Waals surface area contributed by atoms with Gasteiger partial charge >= 0.3 is 12.2 Å². The van der Waals surface area contributed by atoms with Gasteiger partial charge in [0.25, 0.3) is 0 Å². The maximum absolute atomic E-state index is 13.7. The number of hydrogen-bond acceptors (Lipinski definition) is 2. The molecule has 2 amide bonds. The number of alkyl halides is 3. The number of halogens is 4. The SMILES string of the molecule is O=C(N=c1sccn1-c1ccc(C(F)(F)F)c(F)c1)N1CCCC1. The smallest absolute Gasteiger partial charge is 0.323 e. The largest absolute Gasteiger partial charge is 0.419 e. The van der Waals surface area contributed by atoms with Crippen molar-refractivity contribution in [2.75, 3.05) is 13.1 Å². The predicted molar refractivity (Wildman–Crippen MR) is 80.4 cm³/mol. The second-order valence-electron chi connectivity index (χ2n) is 5.31. The van der Waals surface area contributed by atoms with Crippen molar-refractivity contribution in [1.82, 2.24) is 9.47 Å². The molecule has 0 spiro atoms. The number of thiazole rings is 1. The molecule has 1 aromatic heterocycles. The van der Waals surface area contributed by atoms with Crippen molar-refractivity contribution >= 4 is 17.4 Å². The number of carbonyl (C=O) groups excluding carboxylic acids is 1. The fourth-order valence-electron chi connectivity index (χ4n) is 2.49. The number of rotatable bonds is 1. The van der Waals surface area contributed by atoms with E-state index in [1.165, 1.54) is 10.8 Å². The molecule has 4 nitrogen and oxygen atoms in total. The summed E-state index contributed by atoms with van der Waals surface area (Å²) in [5, 5.41) is 1.63. The summed E-state index contributed by atoms with van der Waals surface area (Å²) < 4.78 is 53.0. The Morgan fingerprint density at radius 3 is 2.54 bits per heavy atom. The maximum Gasteiger partial charge on any atom is 0.419 e. The van der Waals surface area contributed by atoms with Crippen molar-refractivity contribution in [2.24, 2.45) is 4.99 Å². The summed E-state index contributed by atoms with van der Waals surface area (Å²) in [6, 6.07) is 2.23. The highest BCUT2D eigenvalue weighted by Gasteiger charge is 2.34. The molecule has 1 fully saturated rings. The monoisotopic (exact) mass is 359 g/mol. The van der Waals surface area contributed by atoms with E-state index >= 15 is 0 Å². The molecule has 0 aliphatic carbocycles. The van der Waals surface area contributed by atoms with Crippen LogP contribution >= 0.6 is 11.3 Å². The molecule has 0 radical (unpaired) electrons. The minimum Gasteiger partial charge on any atom is -0.323 e. The number of urea groups is 1. The van der Waals surface area contributed by atoms with Crippen molar-refractivity contribution in [3.63, 3.8) is 0 Å². The van der Waals surface area contributed by atoms with E-state index in [4.69, 9.17) is 0 Å². The van der Waals surface area contributed by atoms with Crippen molar-refractivity contribution in [2.45, 2.75) is 19.0 Å². The van der Waals surface area contributed by atoms with E-state index in [9.17, 15) is 22.4 Å². The van der Waals surface area contributed by atoms with E-state index in [1.54, 1.807) is 10.3 Å². The Morgan fingerprint density at radius 1 is 1.21 bits per heavy atom. The first kappa shape index (κ1) is 16.7. The normalized spacial score (nSPS) is 16.0. The minimum absolute atomic E-state index is 0.176. The van der Waals surface area contributed by atoms with Crippen LogP contribution in [0.1, 0.15) is 18.4 Å². The lowest BCUT2D eigenvalue weighted by atomic mass is 10.2. The average Bonchev–Trinajstić information content (AvgIpc) is 3.17. The third-order valence-electron chi connectivity index (χ3n) is 3.69. The van der Waals surface area contributed by atoms with Gasteiger partial charge in [0.1, 0.15) is 5.82 Å². The van der Waals surface area contributed by atoms with Crippen LogP contribution in [0.25, 0.3) is 5.69 Å². The molecular formula is C15H13F4N3OS. The molecule has 1 aromatic carbocycles. The van der Waals surface area contributed by atoms with Crippen LogP contribution in [0, 0.1) is 5.82 Å². The number of likely N-dealkylation sites (tertiary alicyclic amines) is 1. The lowest BCUT2D eigenvalue weighted by Gasteiger charge is -2.11. The number of aromatic nitrogens is 1. The topological polar surface area (TPSA) is 37.6 Å². The molecule has 0 unspecified atom stereocenters. The van der Waals surface area contributed by atoms with Crippen LogP contribution in [0.5, 0.6) is 0 Å². The molecule has 128 valence electrons. The summed E-state index contributed by atoms with van der Waals surface area (Å²) in [6.07, 6.45) is -1.37. The average molecular weight is 359 g/mol. The Bertz CT molecular complexity index is 819. The molecule has 2 heterocycles. The number of benzene rings is 1. The first-order valence-corrected chi connectivity index (χ1v) is 8.11. The fourth-order valence-corrected chi connectivity index (χ4v) is 3.21. The quantitative estimate of drug-likeness (QED) is 0.714. The van der Waals surface area contributed by atoms with Crippen molar-refractivity contribution in [3.05, 3.63) is 46.0 Å². The van der Waals surface area contributed by atoms with Crippen LogP contribution in [0.4, 0.5) is 22.4 Å². The third-order valence-corrected chi connectivity index (χ3v) is 4.45. The van der Waals surface area contributed by atoms with Crippen LogP contribution in [-0.2, 0) is 6.18 Å². The van der Waals surface area contributed by atoms with Crippen molar-refractivity contribution in [3.8, 4) is 5.69 Å². The zero-order valence-corrected chi connectivity index (χ0v) is 13.2. The van der Waals surface area contributed by atoms with Crippen LogP contribution in [0.3, 0.4) is 0 Å². The molecule has 1 saturated heterocycles. The first-order valence-electron chi connectivity index (χ1n) is 7.23. The number of nitrogens with zero attached hydrogens (tertiary/aromatic N) is 3. The number of hydrogen-bond donors (Lipinski definition) is 0. The number of amides is 2. The van der Waals surface area contributed by atoms with Crippen molar-refractivity contribution in [1.29, 1.82) is 0 Å². The van der Waals surface area contributed by atoms with Gasteiger partial charge < -0.3 is 4.90 Å². The second-order valence-corrected chi connectivity index (χ2v) is 6.18. The van der Waals surface area contributed by atoms with E-state index in [0.717, 1.165) is 36.3 Å². The molecule has 1 aliphatic rings. The molecule has 0 N–H and O–H groups in total. The van der Waals surface area contributed by atoms with Crippen LogP contribution in [-0.4, -0.2) is 28.6 Å². The molecular weight excluding hydrogens is 346 g/mol. The summed E-state index contributed by atoms with van der Waals surface area (Å²) in [4.78, 5) is 18.0. The first-order chi connectivity index (χ1) is 11.4. The summed E-state index contributed by atoms with van der Waals surface area (Å²) in [5.74, 6) is -1.37. The van der Waals surface area contributed by atoms with Crippen LogP contribution in [0.15, 0.2) is 34.8 Å². The highest BCUT2D eigenvalue weighted by atomic mass is 32.1. The van der Waals surface area contributed by atoms with Gasteiger partial charge in [0, 0.05) is 24.7 Å². The van der Waals surface area contributed by atoms with E-state index < -0.39 is 23.6 Å². The van der Waals surface area contributed by atoms with Gasteiger partial charge in [-0.1, -0.05) is 0 Å². The standard InChI is InChI=1S/C15H13F4N3OS/c16-12-9-10(3-4-11(12)15(17,18)19)22-7-8-24-14(22)20-13(23)21-5-1-2-6-21/h3-4,7-9H,1-2,5-6H2. The molecule has 2 aromatic rings. The van der Waals surface area contributed by atoms with E-state index in [2.05, 4.69) is 4.99 Å². The van der Waals surface area contributed by atoms with E-state index in [1.807, 2.05) is 0 Å². The lowest BCUT2D eigenvalue weighted by molar-refractivity contribution is -0.139. The van der Waals surface area contributed by atoms with Gasteiger partial charge in [0.2, 0.25) is 0 Å². The zero-order chi connectivity index (χ0) is 17.3. The van der Waals surface area contributed by atoms with Gasteiger partial charge in [-0.25, -0.2) is 9.18 Å². The number of carbonyl (C=O) groups is 1. The summed E-state index contributed by atoms with van der Waals surface area (Å²) >= 11 is 1.15. The van der Waals surface area contributed by atoms with E-state index in [-0.39, 0.29) is 10.5 Å². The molecule has 0 bridgehead atoms. The maximum atomic E-state index is 13.7. The Balaban J connectivity index is 1.96. The molecule has 24 heavy (non-hydrogen) atoms. The Hall–Kier alpha value is -2.16. The fraction of sp³-hybridized carbons (Fsp3) is 0.333. The highest BCUT2D eigenvalue weighted by molar-refractivity contribution is 7.07. The third kappa shape index (κ3) is 3.35. The Kier molecular flexibility index (Phi) is 4.44. The highest BCUT2D eigenvalue weighted by Crippen LogP contribution is 2.32. The molecule has 0 saturated carbocycles. The van der Waals surface area contributed by atoms with E-state index in [0.29, 0.717) is 19.2 Å². The minimum atomic E-state index is -4.75.